The monoisotopic (exact) mass is 444 g/mol. The number of benzene rings is 2. The minimum Gasteiger partial charge on any atom is -0.493 e. The smallest absolute Gasteiger partial charge is 0.197 e. The fraction of sp³-hybridized carbons (Fsp3) is 0.259. The molecule has 2 aromatic carbocycles. The van der Waals surface area contributed by atoms with Crippen LogP contribution in [0.2, 0.25) is 0 Å². The summed E-state index contributed by atoms with van der Waals surface area (Å²) in [7, 11) is 3.27. The first kappa shape index (κ1) is 22.6. The first-order chi connectivity index (χ1) is 16.1. The number of nitrogens with zero attached hydrogens (tertiary/aromatic N) is 2. The molecule has 0 atom stereocenters. The van der Waals surface area contributed by atoms with Gasteiger partial charge in [0.2, 0.25) is 0 Å². The second-order valence-electron chi connectivity index (χ2n) is 8.10. The summed E-state index contributed by atoms with van der Waals surface area (Å²) >= 11 is 0. The van der Waals surface area contributed by atoms with Gasteiger partial charge in [-0.1, -0.05) is 17.7 Å². The molecule has 6 nitrogen and oxygen atoms in total. The Kier molecular flexibility index (Phi) is 7.05. The molecular formula is C27H28N2O4. The summed E-state index contributed by atoms with van der Waals surface area (Å²) in [5.74, 6) is 1.42. The quantitative estimate of drug-likeness (QED) is 0.371. The Bertz CT molecular complexity index is 1280. The maximum absolute atomic E-state index is 13.2. The highest BCUT2D eigenvalue weighted by Gasteiger charge is 2.14. The highest BCUT2D eigenvalue weighted by molar-refractivity contribution is 5.77. The van der Waals surface area contributed by atoms with Gasteiger partial charge in [0.25, 0.3) is 0 Å². The van der Waals surface area contributed by atoms with Crippen LogP contribution in [0.25, 0.3) is 11.0 Å². The van der Waals surface area contributed by atoms with Gasteiger partial charge >= 0.3 is 0 Å². The van der Waals surface area contributed by atoms with Crippen molar-refractivity contribution in [3.8, 4) is 11.5 Å². The van der Waals surface area contributed by atoms with E-state index < -0.39 is 0 Å². The summed E-state index contributed by atoms with van der Waals surface area (Å²) < 4.78 is 16.6. The molecule has 0 amide bonds. The van der Waals surface area contributed by atoms with Crippen molar-refractivity contribution < 1.29 is 13.9 Å². The normalized spacial score (nSPS) is 11.2. The zero-order valence-corrected chi connectivity index (χ0v) is 19.2. The van der Waals surface area contributed by atoms with Crippen molar-refractivity contribution in [1.29, 1.82) is 0 Å². The van der Waals surface area contributed by atoms with Crippen molar-refractivity contribution >= 4 is 11.0 Å². The number of methoxy groups -OCH3 is 2. The van der Waals surface area contributed by atoms with Crippen LogP contribution >= 0.6 is 0 Å². The van der Waals surface area contributed by atoms with E-state index in [2.05, 4.69) is 9.88 Å². The van der Waals surface area contributed by atoms with Crippen LogP contribution in [0.4, 0.5) is 0 Å². The van der Waals surface area contributed by atoms with E-state index in [0.717, 1.165) is 29.7 Å². The van der Waals surface area contributed by atoms with Crippen molar-refractivity contribution in [2.24, 2.45) is 0 Å². The van der Waals surface area contributed by atoms with Gasteiger partial charge in [-0.25, -0.2) is 0 Å². The van der Waals surface area contributed by atoms with E-state index in [1.54, 1.807) is 32.9 Å². The molecule has 2 aromatic heterocycles. The Hall–Kier alpha value is -3.64. The molecule has 0 aliphatic carbocycles. The van der Waals surface area contributed by atoms with Crippen LogP contribution in [0.5, 0.6) is 11.5 Å². The summed E-state index contributed by atoms with van der Waals surface area (Å²) in [4.78, 5) is 19.5. The van der Waals surface area contributed by atoms with Gasteiger partial charge in [0.15, 0.2) is 16.9 Å². The molecule has 4 rings (SSSR count). The average Bonchev–Trinajstić information content (AvgIpc) is 2.85. The summed E-state index contributed by atoms with van der Waals surface area (Å²) in [6, 6.07) is 15.6. The number of pyridine rings is 1. The van der Waals surface area contributed by atoms with Gasteiger partial charge < -0.3 is 13.9 Å². The number of ether oxygens (including phenoxy) is 2. The Morgan fingerprint density at radius 3 is 2.45 bits per heavy atom. The highest BCUT2D eigenvalue weighted by atomic mass is 16.5. The van der Waals surface area contributed by atoms with E-state index >= 15 is 0 Å². The van der Waals surface area contributed by atoms with Gasteiger partial charge in [-0.2, -0.15) is 0 Å². The lowest BCUT2D eigenvalue weighted by molar-refractivity contribution is 0.257. The van der Waals surface area contributed by atoms with E-state index in [1.807, 2.05) is 55.5 Å². The summed E-state index contributed by atoms with van der Waals surface area (Å²) in [5.41, 5.74) is 4.58. The number of rotatable bonds is 9. The first-order valence-electron chi connectivity index (χ1n) is 10.9. The summed E-state index contributed by atoms with van der Waals surface area (Å²) in [6.07, 6.45) is 5.96. The molecule has 0 N–H and O–H groups in total. The lowest BCUT2D eigenvalue weighted by Gasteiger charge is -2.22. The first-order valence-corrected chi connectivity index (χ1v) is 10.9. The fourth-order valence-electron chi connectivity index (χ4n) is 3.92. The molecule has 6 heteroatoms. The largest absolute Gasteiger partial charge is 0.493 e. The lowest BCUT2D eigenvalue weighted by Crippen LogP contribution is -2.28. The zero-order valence-electron chi connectivity index (χ0n) is 19.2. The average molecular weight is 445 g/mol. The molecule has 0 unspecified atom stereocenters. The highest BCUT2D eigenvalue weighted by Crippen LogP contribution is 2.28. The molecule has 2 heterocycles. The standard InChI is InChI=1S/C27H28N2O4/c1-19-4-6-24-23(14-19)27(30)22(18-33-24)17-29(16-21-8-11-28-12-9-21)13-10-20-5-7-25(31-2)26(15-20)32-3/h4-9,11-12,14-15,18H,10,13,16-17H2,1-3H3. The maximum atomic E-state index is 13.2. The van der Waals surface area contributed by atoms with Crippen LogP contribution in [-0.4, -0.2) is 30.6 Å². The molecule has 170 valence electrons. The van der Waals surface area contributed by atoms with Crippen LogP contribution in [0, 0.1) is 6.92 Å². The third-order valence-corrected chi connectivity index (χ3v) is 5.71. The lowest BCUT2D eigenvalue weighted by atomic mass is 10.1. The van der Waals surface area contributed by atoms with Crippen molar-refractivity contribution in [3.05, 3.63) is 99.7 Å². The van der Waals surface area contributed by atoms with E-state index in [-0.39, 0.29) is 5.43 Å². The number of hydrogen-bond donors (Lipinski definition) is 0. The molecule has 0 aliphatic heterocycles. The Balaban J connectivity index is 1.58. The van der Waals surface area contributed by atoms with Crippen LogP contribution in [0.15, 0.2) is 76.4 Å². The van der Waals surface area contributed by atoms with Gasteiger partial charge in [-0.15, -0.1) is 0 Å². The maximum Gasteiger partial charge on any atom is 0.197 e. The Morgan fingerprint density at radius 1 is 0.909 bits per heavy atom. The zero-order chi connectivity index (χ0) is 23.2. The van der Waals surface area contributed by atoms with Gasteiger partial charge in [0.1, 0.15) is 5.58 Å². The minimum atomic E-state index is 0.0193. The van der Waals surface area contributed by atoms with E-state index in [4.69, 9.17) is 13.9 Å². The van der Waals surface area contributed by atoms with Crippen LogP contribution < -0.4 is 14.9 Å². The summed E-state index contributed by atoms with van der Waals surface area (Å²) in [6.45, 7) is 3.91. The predicted molar refractivity (Wildman–Crippen MR) is 129 cm³/mol. The number of hydrogen-bond acceptors (Lipinski definition) is 6. The fourth-order valence-corrected chi connectivity index (χ4v) is 3.92. The van der Waals surface area contributed by atoms with Gasteiger partial charge in [0.05, 0.1) is 25.9 Å². The molecule has 0 bridgehead atoms. The van der Waals surface area contributed by atoms with Crippen LogP contribution in [0.1, 0.15) is 22.3 Å². The topological polar surface area (TPSA) is 64.8 Å². The van der Waals surface area contributed by atoms with Crippen molar-refractivity contribution in [2.45, 2.75) is 26.4 Å². The molecule has 0 radical (unpaired) electrons. The Morgan fingerprint density at radius 2 is 1.70 bits per heavy atom. The molecule has 4 aromatic rings. The molecule has 0 spiro atoms. The molecule has 0 saturated heterocycles. The molecule has 33 heavy (non-hydrogen) atoms. The number of fused-ring (bicyclic) bond motifs is 1. The van der Waals surface area contributed by atoms with Gasteiger partial charge in [0, 0.05) is 37.6 Å². The third-order valence-electron chi connectivity index (χ3n) is 5.71. The minimum absolute atomic E-state index is 0.0193. The number of aromatic nitrogens is 1. The Labute approximate surface area is 193 Å². The molecule has 0 aliphatic rings. The second-order valence-corrected chi connectivity index (χ2v) is 8.10. The molecule has 0 saturated carbocycles. The van der Waals surface area contributed by atoms with E-state index in [0.29, 0.717) is 41.1 Å². The third kappa shape index (κ3) is 5.41. The van der Waals surface area contributed by atoms with Gasteiger partial charge in [-0.3, -0.25) is 14.7 Å². The van der Waals surface area contributed by atoms with Crippen molar-refractivity contribution in [1.82, 2.24) is 9.88 Å². The van der Waals surface area contributed by atoms with E-state index in [1.165, 1.54) is 0 Å². The molecule has 0 fully saturated rings. The van der Waals surface area contributed by atoms with Crippen LogP contribution in [-0.2, 0) is 19.5 Å². The van der Waals surface area contributed by atoms with Crippen molar-refractivity contribution in [2.75, 3.05) is 20.8 Å². The number of aryl methyl sites for hydroxylation is 1. The van der Waals surface area contributed by atoms with Crippen LogP contribution in [0.3, 0.4) is 0 Å². The summed E-state index contributed by atoms with van der Waals surface area (Å²) in [5, 5.41) is 0.622. The second kappa shape index (κ2) is 10.3. The van der Waals surface area contributed by atoms with E-state index in [9.17, 15) is 4.79 Å². The van der Waals surface area contributed by atoms with Crippen molar-refractivity contribution in [3.63, 3.8) is 0 Å². The van der Waals surface area contributed by atoms with Gasteiger partial charge in [-0.05, 0) is 60.9 Å². The molecular weight excluding hydrogens is 416 g/mol. The SMILES string of the molecule is COc1ccc(CCN(Cc2ccncc2)Cc2coc3ccc(C)cc3c2=O)cc1OC. The predicted octanol–water partition coefficient (Wildman–Crippen LogP) is 4.76.